The lowest BCUT2D eigenvalue weighted by molar-refractivity contribution is 0.220. The average molecular weight is 252 g/mol. The fourth-order valence-corrected chi connectivity index (χ4v) is 2.86. The van der Waals surface area contributed by atoms with Crippen LogP contribution in [0.4, 0.5) is 0 Å². The van der Waals surface area contributed by atoms with Gasteiger partial charge in [-0.15, -0.1) is 0 Å². The van der Waals surface area contributed by atoms with Gasteiger partial charge in [0.15, 0.2) is 0 Å². The molecule has 0 bridgehead atoms. The standard InChI is InChI=1S/C18H20O/c1-13-6-8-15(9-7-13)18(19)17-11-10-14-4-2-3-5-16(14)12-17/h6-12,18-19H,2-5H2,1H3. The second kappa shape index (κ2) is 5.18. The molecule has 0 saturated heterocycles. The Hall–Kier alpha value is -1.60. The SMILES string of the molecule is Cc1ccc(C(O)c2ccc3c(c2)CCCC3)cc1. The van der Waals surface area contributed by atoms with Crippen LogP contribution in [0.5, 0.6) is 0 Å². The number of aryl methyl sites for hydroxylation is 3. The third-order valence-electron chi connectivity index (χ3n) is 4.08. The fourth-order valence-electron chi connectivity index (χ4n) is 2.86. The van der Waals surface area contributed by atoms with Crippen molar-refractivity contribution in [3.8, 4) is 0 Å². The molecule has 2 aromatic rings. The number of hydrogen-bond acceptors (Lipinski definition) is 1. The first-order valence-corrected chi connectivity index (χ1v) is 7.10. The van der Waals surface area contributed by atoms with Crippen LogP contribution in [0.15, 0.2) is 42.5 Å². The minimum Gasteiger partial charge on any atom is -0.384 e. The molecule has 19 heavy (non-hydrogen) atoms. The highest BCUT2D eigenvalue weighted by atomic mass is 16.3. The van der Waals surface area contributed by atoms with Gasteiger partial charge in [-0.05, 0) is 54.9 Å². The molecular formula is C18H20O. The van der Waals surface area contributed by atoms with Crippen LogP contribution < -0.4 is 0 Å². The molecule has 1 N–H and O–H groups in total. The summed E-state index contributed by atoms with van der Waals surface area (Å²) in [7, 11) is 0. The molecular weight excluding hydrogens is 232 g/mol. The smallest absolute Gasteiger partial charge is 0.104 e. The van der Waals surface area contributed by atoms with Crippen LogP contribution in [0.3, 0.4) is 0 Å². The summed E-state index contributed by atoms with van der Waals surface area (Å²) in [6.45, 7) is 2.06. The van der Waals surface area contributed by atoms with Gasteiger partial charge < -0.3 is 5.11 Å². The third kappa shape index (κ3) is 2.57. The van der Waals surface area contributed by atoms with Gasteiger partial charge in [0, 0.05) is 0 Å². The Morgan fingerprint density at radius 1 is 0.842 bits per heavy atom. The van der Waals surface area contributed by atoms with E-state index in [1.807, 2.05) is 12.1 Å². The van der Waals surface area contributed by atoms with Gasteiger partial charge in [0.25, 0.3) is 0 Å². The molecule has 1 nitrogen and oxygen atoms in total. The van der Waals surface area contributed by atoms with Crippen molar-refractivity contribution >= 4 is 0 Å². The molecule has 0 spiro atoms. The Kier molecular flexibility index (Phi) is 3.39. The van der Waals surface area contributed by atoms with Gasteiger partial charge in [-0.3, -0.25) is 0 Å². The van der Waals surface area contributed by atoms with Crippen molar-refractivity contribution in [2.75, 3.05) is 0 Å². The van der Waals surface area contributed by atoms with Crippen molar-refractivity contribution in [1.82, 2.24) is 0 Å². The van der Waals surface area contributed by atoms with E-state index in [-0.39, 0.29) is 0 Å². The highest BCUT2D eigenvalue weighted by molar-refractivity contribution is 5.38. The van der Waals surface area contributed by atoms with Crippen molar-refractivity contribution in [2.45, 2.75) is 38.7 Å². The van der Waals surface area contributed by atoms with E-state index in [0.717, 1.165) is 17.5 Å². The molecule has 0 fully saturated rings. The van der Waals surface area contributed by atoms with Crippen molar-refractivity contribution in [1.29, 1.82) is 0 Å². The molecule has 1 atom stereocenters. The van der Waals surface area contributed by atoms with E-state index in [4.69, 9.17) is 0 Å². The maximum absolute atomic E-state index is 10.5. The van der Waals surface area contributed by atoms with E-state index in [0.29, 0.717) is 0 Å². The molecule has 0 amide bonds. The molecule has 1 heteroatoms. The van der Waals surface area contributed by atoms with Crippen LogP contribution in [0.1, 0.15) is 46.8 Å². The second-order valence-electron chi connectivity index (χ2n) is 5.55. The first-order chi connectivity index (χ1) is 9.24. The molecule has 2 aromatic carbocycles. The zero-order valence-corrected chi connectivity index (χ0v) is 11.4. The molecule has 0 aliphatic heterocycles. The van der Waals surface area contributed by atoms with Crippen molar-refractivity contribution in [2.24, 2.45) is 0 Å². The predicted molar refractivity (Wildman–Crippen MR) is 78.3 cm³/mol. The van der Waals surface area contributed by atoms with Crippen molar-refractivity contribution < 1.29 is 5.11 Å². The fraction of sp³-hybridized carbons (Fsp3) is 0.333. The predicted octanol–water partition coefficient (Wildman–Crippen LogP) is 3.96. The summed E-state index contributed by atoms with van der Waals surface area (Å²) < 4.78 is 0. The number of aliphatic hydroxyl groups excluding tert-OH is 1. The zero-order chi connectivity index (χ0) is 13.2. The Morgan fingerprint density at radius 2 is 1.47 bits per heavy atom. The van der Waals surface area contributed by atoms with Gasteiger partial charge in [-0.1, -0.05) is 48.0 Å². The molecule has 0 heterocycles. The third-order valence-corrected chi connectivity index (χ3v) is 4.08. The maximum atomic E-state index is 10.5. The molecule has 98 valence electrons. The van der Waals surface area contributed by atoms with E-state index in [1.165, 1.54) is 36.0 Å². The molecule has 1 aliphatic rings. The summed E-state index contributed by atoms with van der Waals surface area (Å²) in [5.74, 6) is 0. The quantitative estimate of drug-likeness (QED) is 0.858. The van der Waals surface area contributed by atoms with E-state index in [9.17, 15) is 5.11 Å². The Morgan fingerprint density at radius 3 is 2.21 bits per heavy atom. The van der Waals surface area contributed by atoms with Gasteiger partial charge >= 0.3 is 0 Å². The van der Waals surface area contributed by atoms with E-state index in [2.05, 4.69) is 37.3 Å². The van der Waals surface area contributed by atoms with Gasteiger partial charge in [0.1, 0.15) is 6.10 Å². The summed E-state index contributed by atoms with van der Waals surface area (Å²) in [6, 6.07) is 14.6. The summed E-state index contributed by atoms with van der Waals surface area (Å²) in [4.78, 5) is 0. The Balaban J connectivity index is 1.91. The highest BCUT2D eigenvalue weighted by Crippen LogP contribution is 2.27. The molecule has 0 aromatic heterocycles. The number of hydrogen-bond donors (Lipinski definition) is 1. The lowest BCUT2D eigenvalue weighted by Crippen LogP contribution is -2.06. The summed E-state index contributed by atoms with van der Waals surface area (Å²) in [5.41, 5.74) is 6.10. The second-order valence-corrected chi connectivity index (χ2v) is 5.55. The zero-order valence-electron chi connectivity index (χ0n) is 11.4. The van der Waals surface area contributed by atoms with Gasteiger partial charge in [0.05, 0.1) is 0 Å². The first-order valence-electron chi connectivity index (χ1n) is 7.10. The monoisotopic (exact) mass is 252 g/mol. The van der Waals surface area contributed by atoms with E-state index < -0.39 is 6.10 Å². The number of fused-ring (bicyclic) bond motifs is 1. The van der Waals surface area contributed by atoms with E-state index >= 15 is 0 Å². The van der Waals surface area contributed by atoms with Gasteiger partial charge in [-0.2, -0.15) is 0 Å². The van der Waals surface area contributed by atoms with Crippen LogP contribution >= 0.6 is 0 Å². The molecule has 3 rings (SSSR count). The Bertz CT molecular complexity index is 569. The van der Waals surface area contributed by atoms with Crippen molar-refractivity contribution in [3.05, 3.63) is 70.3 Å². The average Bonchev–Trinajstić information content (AvgIpc) is 2.47. The lowest BCUT2D eigenvalue weighted by Gasteiger charge is -2.19. The summed E-state index contributed by atoms with van der Waals surface area (Å²) in [5, 5.41) is 10.5. The van der Waals surface area contributed by atoms with Crippen LogP contribution in [0, 0.1) is 6.92 Å². The first kappa shape index (κ1) is 12.4. The van der Waals surface area contributed by atoms with Crippen LogP contribution in [-0.4, -0.2) is 5.11 Å². The van der Waals surface area contributed by atoms with Gasteiger partial charge in [-0.25, -0.2) is 0 Å². The largest absolute Gasteiger partial charge is 0.384 e. The number of benzene rings is 2. The minimum absolute atomic E-state index is 0.507. The van der Waals surface area contributed by atoms with Crippen LogP contribution in [0.2, 0.25) is 0 Å². The minimum atomic E-state index is -0.507. The summed E-state index contributed by atoms with van der Waals surface area (Å²) in [6.07, 6.45) is 4.41. The normalized spacial score (nSPS) is 15.9. The van der Waals surface area contributed by atoms with Crippen LogP contribution in [-0.2, 0) is 12.8 Å². The lowest BCUT2D eigenvalue weighted by atomic mass is 9.88. The highest BCUT2D eigenvalue weighted by Gasteiger charge is 2.14. The van der Waals surface area contributed by atoms with Crippen molar-refractivity contribution in [3.63, 3.8) is 0 Å². The van der Waals surface area contributed by atoms with Gasteiger partial charge in [0.2, 0.25) is 0 Å². The molecule has 0 radical (unpaired) electrons. The Labute approximate surface area is 114 Å². The number of rotatable bonds is 2. The molecule has 1 aliphatic carbocycles. The number of aliphatic hydroxyl groups is 1. The maximum Gasteiger partial charge on any atom is 0.104 e. The van der Waals surface area contributed by atoms with E-state index in [1.54, 1.807) is 0 Å². The summed E-state index contributed by atoms with van der Waals surface area (Å²) >= 11 is 0. The van der Waals surface area contributed by atoms with Crippen LogP contribution in [0.25, 0.3) is 0 Å². The molecule has 1 unspecified atom stereocenters. The topological polar surface area (TPSA) is 20.2 Å². The molecule has 0 saturated carbocycles.